The Morgan fingerprint density at radius 3 is 2.64 bits per heavy atom. The van der Waals surface area contributed by atoms with Gasteiger partial charge >= 0.3 is 0 Å². The SMILES string of the molecule is COc1ccc(-c2nnc(Cn3ccc(=O)c4ccccc43)o2)cc1. The second-order valence-electron chi connectivity index (χ2n) is 5.55. The predicted octanol–water partition coefficient (Wildman–Crippen LogP) is 3.11. The summed E-state index contributed by atoms with van der Waals surface area (Å²) in [4.78, 5) is 11.9. The van der Waals surface area contributed by atoms with E-state index in [9.17, 15) is 4.79 Å². The number of benzene rings is 2. The molecule has 0 aliphatic heterocycles. The van der Waals surface area contributed by atoms with Gasteiger partial charge in [-0.2, -0.15) is 0 Å². The molecule has 0 fully saturated rings. The number of fused-ring (bicyclic) bond motifs is 1. The van der Waals surface area contributed by atoms with Crippen LogP contribution in [-0.2, 0) is 6.54 Å². The fourth-order valence-electron chi connectivity index (χ4n) is 2.71. The molecule has 0 unspecified atom stereocenters. The first-order valence-corrected chi connectivity index (χ1v) is 7.79. The Balaban J connectivity index is 1.65. The van der Waals surface area contributed by atoms with E-state index in [2.05, 4.69) is 10.2 Å². The second kappa shape index (κ2) is 6.24. The monoisotopic (exact) mass is 333 g/mol. The maximum Gasteiger partial charge on any atom is 0.247 e. The molecule has 0 saturated heterocycles. The largest absolute Gasteiger partial charge is 0.497 e. The van der Waals surface area contributed by atoms with Crippen molar-refractivity contribution >= 4 is 10.9 Å². The number of aromatic nitrogens is 3. The number of methoxy groups -OCH3 is 1. The lowest BCUT2D eigenvalue weighted by Crippen LogP contribution is -2.08. The molecule has 2 aromatic heterocycles. The Labute approximate surface area is 143 Å². The summed E-state index contributed by atoms with van der Waals surface area (Å²) in [5.41, 5.74) is 1.65. The molecular weight excluding hydrogens is 318 g/mol. The Bertz CT molecular complexity index is 1080. The number of ether oxygens (including phenoxy) is 1. The van der Waals surface area contributed by atoms with Crippen LogP contribution < -0.4 is 10.2 Å². The summed E-state index contributed by atoms with van der Waals surface area (Å²) >= 11 is 0. The van der Waals surface area contributed by atoms with Crippen LogP contribution in [0.15, 0.2) is 70.0 Å². The van der Waals surface area contributed by atoms with Crippen molar-refractivity contribution in [1.29, 1.82) is 0 Å². The van der Waals surface area contributed by atoms with Crippen LogP contribution in [0.5, 0.6) is 5.75 Å². The summed E-state index contributed by atoms with van der Waals surface area (Å²) in [5, 5.41) is 8.88. The quantitative estimate of drug-likeness (QED) is 0.574. The van der Waals surface area contributed by atoms with Gasteiger partial charge in [-0.05, 0) is 36.4 Å². The van der Waals surface area contributed by atoms with Gasteiger partial charge in [-0.25, -0.2) is 0 Å². The van der Waals surface area contributed by atoms with Crippen molar-refractivity contribution in [3.63, 3.8) is 0 Å². The van der Waals surface area contributed by atoms with E-state index >= 15 is 0 Å². The zero-order chi connectivity index (χ0) is 17.2. The molecule has 2 aromatic carbocycles. The van der Waals surface area contributed by atoms with E-state index in [1.54, 1.807) is 19.4 Å². The molecule has 4 aromatic rings. The maximum atomic E-state index is 11.9. The summed E-state index contributed by atoms with van der Waals surface area (Å²) < 4.78 is 12.8. The van der Waals surface area contributed by atoms with E-state index in [1.807, 2.05) is 53.1 Å². The van der Waals surface area contributed by atoms with Gasteiger partial charge < -0.3 is 13.7 Å². The van der Waals surface area contributed by atoms with Gasteiger partial charge in [0, 0.05) is 23.2 Å². The highest BCUT2D eigenvalue weighted by molar-refractivity contribution is 5.78. The minimum absolute atomic E-state index is 0.00343. The van der Waals surface area contributed by atoms with Crippen molar-refractivity contribution in [2.75, 3.05) is 7.11 Å². The molecule has 0 amide bonds. The minimum Gasteiger partial charge on any atom is -0.497 e. The van der Waals surface area contributed by atoms with Crippen molar-refractivity contribution in [2.45, 2.75) is 6.54 Å². The van der Waals surface area contributed by atoms with E-state index in [-0.39, 0.29) is 5.43 Å². The fraction of sp³-hybridized carbons (Fsp3) is 0.105. The molecule has 0 aliphatic carbocycles. The molecule has 0 spiro atoms. The zero-order valence-electron chi connectivity index (χ0n) is 13.5. The van der Waals surface area contributed by atoms with Gasteiger partial charge in [-0.1, -0.05) is 12.1 Å². The van der Waals surface area contributed by atoms with Crippen LogP contribution in [0.4, 0.5) is 0 Å². The summed E-state index contributed by atoms with van der Waals surface area (Å²) in [6.45, 7) is 0.393. The Morgan fingerprint density at radius 1 is 1.04 bits per heavy atom. The third-order valence-corrected chi connectivity index (χ3v) is 3.99. The van der Waals surface area contributed by atoms with Crippen LogP contribution in [0.3, 0.4) is 0 Å². The number of nitrogens with zero attached hydrogens (tertiary/aromatic N) is 3. The Hall–Kier alpha value is -3.41. The highest BCUT2D eigenvalue weighted by atomic mass is 16.5. The number of rotatable bonds is 4. The Kier molecular flexibility index (Phi) is 3.78. The van der Waals surface area contributed by atoms with Gasteiger partial charge in [0.2, 0.25) is 11.8 Å². The van der Waals surface area contributed by atoms with Gasteiger partial charge in [0.05, 0.1) is 12.6 Å². The molecule has 2 heterocycles. The number of para-hydroxylation sites is 1. The normalized spacial score (nSPS) is 10.9. The summed E-state index contributed by atoms with van der Waals surface area (Å²) in [5.74, 6) is 1.69. The van der Waals surface area contributed by atoms with Crippen LogP contribution in [0, 0.1) is 0 Å². The Morgan fingerprint density at radius 2 is 1.84 bits per heavy atom. The number of hydrogen-bond donors (Lipinski definition) is 0. The van der Waals surface area contributed by atoms with Crippen LogP contribution >= 0.6 is 0 Å². The number of pyridine rings is 1. The second-order valence-corrected chi connectivity index (χ2v) is 5.55. The molecule has 0 aliphatic rings. The first-order valence-electron chi connectivity index (χ1n) is 7.79. The summed E-state index contributed by atoms with van der Waals surface area (Å²) in [6.07, 6.45) is 1.74. The van der Waals surface area contributed by atoms with Crippen molar-refractivity contribution in [1.82, 2.24) is 14.8 Å². The average Bonchev–Trinajstić information content (AvgIpc) is 3.13. The van der Waals surface area contributed by atoms with Crippen molar-refractivity contribution in [3.8, 4) is 17.2 Å². The molecule has 4 rings (SSSR count). The van der Waals surface area contributed by atoms with Gasteiger partial charge in [-0.3, -0.25) is 4.79 Å². The summed E-state index contributed by atoms with van der Waals surface area (Å²) in [6, 6.07) is 16.4. The molecule has 0 saturated carbocycles. The average molecular weight is 333 g/mol. The molecule has 25 heavy (non-hydrogen) atoms. The first kappa shape index (κ1) is 15.1. The smallest absolute Gasteiger partial charge is 0.247 e. The van der Waals surface area contributed by atoms with E-state index in [0.717, 1.165) is 16.8 Å². The molecule has 0 N–H and O–H groups in total. The van der Waals surface area contributed by atoms with Crippen molar-refractivity contribution in [3.05, 3.63) is 76.9 Å². The minimum atomic E-state index is -0.00343. The third kappa shape index (κ3) is 2.89. The predicted molar refractivity (Wildman–Crippen MR) is 93.6 cm³/mol. The molecule has 6 nitrogen and oxygen atoms in total. The van der Waals surface area contributed by atoms with E-state index < -0.39 is 0 Å². The number of hydrogen-bond acceptors (Lipinski definition) is 5. The van der Waals surface area contributed by atoms with Crippen molar-refractivity contribution < 1.29 is 9.15 Å². The van der Waals surface area contributed by atoms with E-state index in [1.165, 1.54) is 0 Å². The van der Waals surface area contributed by atoms with Gasteiger partial charge in [-0.15, -0.1) is 10.2 Å². The van der Waals surface area contributed by atoms with Gasteiger partial charge in [0.15, 0.2) is 5.43 Å². The van der Waals surface area contributed by atoms with E-state index in [0.29, 0.717) is 23.7 Å². The van der Waals surface area contributed by atoms with Gasteiger partial charge in [0.1, 0.15) is 12.3 Å². The summed E-state index contributed by atoms with van der Waals surface area (Å²) in [7, 11) is 1.62. The molecule has 0 bridgehead atoms. The maximum absolute atomic E-state index is 11.9. The van der Waals surface area contributed by atoms with E-state index in [4.69, 9.17) is 9.15 Å². The molecular formula is C19H15N3O3. The lowest BCUT2D eigenvalue weighted by Gasteiger charge is -2.07. The first-order chi connectivity index (χ1) is 12.2. The third-order valence-electron chi connectivity index (χ3n) is 3.99. The van der Waals surface area contributed by atoms with Crippen LogP contribution in [-0.4, -0.2) is 21.9 Å². The standard InChI is InChI=1S/C19H15N3O3/c1-24-14-8-6-13(7-9-14)19-21-20-18(25-19)12-22-11-10-17(23)15-4-2-3-5-16(15)22/h2-11H,12H2,1H3. The zero-order valence-corrected chi connectivity index (χ0v) is 13.5. The molecule has 124 valence electrons. The highest BCUT2D eigenvalue weighted by Gasteiger charge is 2.10. The van der Waals surface area contributed by atoms with Crippen LogP contribution in [0.25, 0.3) is 22.4 Å². The highest BCUT2D eigenvalue weighted by Crippen LogP contribution is 2.21. The fourth-order valence-corrected chi connectivity index (χ4v) is 2.71. The van der Waals surface area contributed by atoms with Crippen molar-refractivity contribution in [2.24, 2.45) is 0 Å². The molecule has 0 radical (unpaired) electrons. The van der Waals surface area contributed by atoms with Crippen LogP contribution in [0.1, 0.15) is 5.89 Å². The molecule has 6 heteroatoms. The van der Waals surface area contributed by atoms with Crippen LogP contribution in [0.2, 0.25) is 0 Å². The molecule has 0 atom stereocenters. The van der Waals surface area contributed by atoms with Gasteiger partial charge in [0.25, 0.3) is 0 Å². The topological polar surface area (TPSA) is 70.2 Å². The lowest BCUT2D eigenvalue weighted by molar-refractivity contribution is 0.415. The lowest BCUT2D eigenvalue weighted by atomic mass is 10.2.